The average Bonchev–Trinajstić information content (AvgIpc) is 2.65. The van der Waals surface area contributed by atoms with Crippen molar-refractivity contribution in [2.45, 2.75) is 26.4 Å². The number of hydrogen-bond acceptors (Lipinski definition) is 3. The van der Waals surface area contributed by atoms with Gasteiger partial charge in [-0.25, -0.2) is 0 Å². The van der Waals surface area contributed by atoms with Gasteiger partial charge in [0.25, 0.3) is 0 Å². The first kappa shape index (κ1) is 11.0. The molecule has 3 heteroatoms. The Hall–Kier alpha value is -0.120. The zero-order chi connectivity index (χ0) is 9.52. The van der Waals surface area contributed by atoms with Crippen LogP contribution in [-0.4, -0.2) is 50.3 Å². The summed E-state index contributed by atoms with van der Waals surface area (Å²) in [4.78, 5) is 2.39. The summed E-state index contributed by atoms with van der Waals surface area (Å²) in [6.45, 7) is 10.8. The standard InChI is InChI=1S/C10H22N2O/c1-3-12(4-2)7-8-13-10-5-6-11-9-10/h10-11H,3-9H2,1-2H3/t10-/m1/s1. The molecule has 1 aliphatic rings. The number of hydrogen-bond donors (Lipinski definition) is 1. The first-order valence-electron chi connectivity index (χ1n) is 5.41. The molecule has 0 radical (unpaired) electrons. The van der Waals surface area contributed by atoms with Crippen molar-refractivity contribution in [3.63, 3.8) is 0 Å². The Bertz CT molecular complexity index is 118. The number of likely N-dealkylation sites (N-methyl/N-ethyl adjacent to an activating group) is 1. The molecule has 1 heterocycles. The van der Waals surface area contributed by atoms with Crippen molar-refractivity contribution in [3.05, 3.63) is 0 Å². The Balaban J connectivity index is 1.98. The molecule has 78 valence electrons. The number of rotatable bonds is 6. The lowest BCUT2D eigenvalue weighted by atomic mass is 10.3. The van der Waals surface area contributed by atoms with Crippen LogP contribution in [0.25, 0.3) is 0 Å². The molecule has 1 atom stereocenters. The highest BCUT2D eigenvalue weighted by molar-refractivity contribution is 4.70. The third kappa shape index (κ3) is 4.07. The van der Waals surface area contributed by atoms with E-state index >= 15 is 0 Å². The van der Waals surface area contributed by atoms with Crippen molar-refractivity contribution in [1.82, 2.24) is 10.2 Å². The molecular formula is C10H22N2O. The van der Waals surface area contributed by atoms with Gasteiger partial charge in [0.1, 0.15) is 0 Å². The lowest BCUT2D eigenvalue weighted by molar-refractivity contribution is 0.0510. The average molecular weight is 186 g/mol. The molecule has 1 aliphatic heterocycles. The van der Waals surface area contributed by atoms with Gasteiger partial charge < -0.3 is 15.0 Å². The molecule has 13 heavy (non-hydrogen) atoms. The van der Waals surface area contributed by atoms with Gasteiger partial charge in [0, 0.05) is 13.1 Å². The number of nitrogens with one attached hydrogen (secondary N) is 1. The SMILES string of the molecule is CCN(CC)CCO[C@@H]1CCNC1. The highest BCUT2D eigenvalue weighted by Crippen LogP contribution is 2.02. The van der Waals surface area contributed by atoms with Crippen LogP contribution in [0.5, 0.6) is 0 Å². The smallest absolute Gasteiger partial charge is 0.0712 e. The normalized spacial score (nSPS) is 22.8. The molecule has 0 bridgehead atoms. The van der Waals surface area contributed by atoms with Crippen LogP contribution < -0.4 is 5.32 Å². The zero-order valence-electron chi connectivity index (χ0n) is 8.88. The first-order chi connectivity index (χ1) is 6.36. The fourth-order valence-electron chi connectivity index (χ4n) is 1.66. The van der Waals surface area contributed by atoms with Crippen molar-refractivity contribution in [2.75, 3.05) is 39.3 Å². The Labute approximate surface area is 81.4 Å². The van der Waals surface area contributed by atoms with Crippen molar-refractivity contribution >= 4 is 0 Å². The maximum atomic E-state index is 5.73. The molecule has 0 spiro atoms. The number of ether oxygens (including phenoxy) is 1. The van der Waals surface area contributed by atoms with Crippen LogP contribution in [0.2, 0.25) is 0 Å². The minimum atomic E-state index is 0.468. The lowest BCUT2D eigenvalue weighted by Crippen LogP contribution is -2.29. The van der Waals surface area contributed by atoms with Crippen LogP contribution in [0.4, 0.5) is 0 Å². The van der Waals surface area contributed by atoms with Crippen LogP contribution >= 0.6 is 0 Å². The van der Waals surface area contributed by atoms with E-state index in [1.165, 1.54) is 6.42 Å². The Morgan fingerprint density at radius 2 is 2.15 bits per heavy atom. The van der Waals surface area contributed by atoms with E-state index in [9.17, 15) is 0 Å². The summed E-state index contributed by atoms with van der Waals surface area (Å²) in [5.41, 5.74) is 0. The molecule has 1 saturated heterocycles. The van der Waals surface area contributed by atoms with Crippen LogP contribution in [0.15, 0.2) is 0 Å². The van der Waals surface area contributed by atoms with Gasteiger partial charge >= 0.3 is 0 Å². The highest BCUT2D eigenvalue weighted by atomic mass is 16.5. The second-order valence-electron chi connectivity index (χ2n) is 3.51. The minimum absolute atomic E-state index is 0.468. The minimum Gasteiger partial charge on any atom is -0.376 e. The molecule has 0 saturated carbocycles. The van der Waals surface area contributed by atoms with Gasteiger partial charge in [-0.3, -0.25) is 0 Å². The van der Waals surface area contributed by atoms with E-state index in [4.69, 9.17) is 4.74 Å². The van der Waals surface area contributed by atoms with E-state index in [2.05, 4.69) is 24.1 Å². The molecule has 1 fully saturated rings. The fourth-order valence-corrected chi connectivity index (χ4v) is 1.66. The topological polar surface area (TPSA) is 24.5 Å². The Morgan fingerprint density at radius 3 is 2.69 bits per heavy atom. The van der Waals surface area contributed by atoms with Crippen LogP contribution in [0.3, 0.4) is 0 Å². The summed E-state index contributed by atoms with van der Waals surface area (Å²) in [5, 5.41) is 3.30. The monoisotopic (exact) mass is 186 g/mol. The van der Waals surface area contributed by atoms with Gasteiger partial charge in [-0.2, -0.15) is 0 Å². The second kappa shape index (κ2) is 6.35. The van der Waals surface area contributed by atoms with Crippen molar-refractivity contribution in [3.8, 4) is 0 Å². The Morgan fingerprint density at radius 1 is 1.38 bits per heavy atom. The van der Waals surface area contributed by atoms with Crippen molar-refractivity contribution in [2.24, 2.45) is 0 Å². The van der Waals surface area contributed by atoms with Crippen LogP contribution in [0.1, 0.15) is 20.3 Å². The first-order valence-corrected chi connectivity index (χ1v) is 5.41. The molecule has 1 N–H and O–H groups in total. The lowest BCUT2D eigenvalue weighted by Gasteiger charge is -2.19. The maximum absolute atomic E-state index is 5.73. The van der Waals surface area contributed by atoms with Gasteiger partial charge in [-0.15, -0.1) is 0 Å². The maximum Gasteiger partial charge on any atom is 0.0712 e. The quantitative estimate of drug-likeness (QED) is 0.661. The summed E-state index contributed by atoms with van der Waals surface area (Å²) in [7, 11) is 0. The highest BCUT2D eigenvalue weighted by Gasteiger charge is 2.14. The van der Waals surface area contributed by atoms with E-state index in [0.29, 0.717) is 6.10 Å². The van der Waals surface area contributed by atoms with Crippen molar-refractivity contribution in [1.29, 1.82) is 0 Å². The molecule has 0 amide bonds. The molecular weight excluding hydrogens is 164 g/mol. The van der Waals surface area contributed by atoms with E-state index in [1.54, 1.807) is 0 Å². The molecule has 0 aromatic carbocycles. The third-order valence-electron chi connectivity index (χ3n) is 2.67. The summed E-state index contributed by atoms with van der Waals surface area (Å²) in [5.74, 6) is 0. The predicted molar refractivity (Wildman–Crippen MR) is 55.0 cm³/mol. The molecule has 0 aromatic rings. The molecule has 1 rings (SSSR count). The summed E-state index contributed by atoms with van der Waals surface area (Å²) in [6, 6.07) is 0. The fraction of sp³-hybridized carbons (Fsp3) is 1.00. The van der Waals surface area contributed by atoms with Gasteiger partial charge in [0.15, 0.2) is 0 Å². The zero-order valence-corrected chi connectivity index (χ0v) is 8.88. The second-order valence-corrected chi connectivity index (χ2v) is 3.51. The molecule has 0 unspecified atom stereocenters. The van der Waals surface area contributed by atoms with E-state index in [-0.39, 0.29) is 0 Å². The van der Waals surface area contributed by atoms with E-state index < -0.39 is 0 Å². The summed E-state index contributed by atoms with van der Waals surface area (Å²) in [6.07, 6.45) is 1.65. The van der Waals surface area contributed by atoms with Crippen LogP contribution in [-0.2, 0) is 4.74 Å². The van der Waals surface area contributed by atoms with Gasteiger partial charge in [-0.1, -0.05) is 13.8 Å². The molecule has 3 nitrogen and oxygen atoms in total. The summed E-state index contributed by atoms with van der Waals surface area (Å²) >= 11 is 0. The van der Waals surface area contributed by atoms with Crippen LogP contribution in [0, 0.1) is 0 Å². The number of nitrogens with zero attached hydrogens (tertiary/aromatic N) is 1. The molecule has 0 aromatic heterocycles. The van der Waals surface area contributed by atoms with E-state index in [0.717, 1.165) is 39.3 Å². The molecule has 0 aliphatic carbocycles. The predicted octanol–water partition coefficient (Wildman–Crippen LogP) is 0.707. The van der Waals surface area contributed by atoms with Gasteiger partial charge in [0.2, 0.25) is 0 Å². The third-order valence-corrected chi connectivity index (χ3v) is 2.67. The van der Waals surface area contributed by atoms with Gasteiger partial charge in [-0.05, 0) is 26.1 Å². The summed E-state index contributed by atoms with van der Waals surface area (Å²) < 4.78 is 5.73. The van der Waals surface area contributed by atoms with E-state index in [1.807, 2.05) is 0 Å². The largest absolute Gasteiger partial charge is 0.376 e. The van der Waals surface area contributed by atoms with Gasteiger partial charge in [0.05, 0.1) is 12.7 Å². The Kier molecular flexibility index (Phi) is 5.35. The van der Waals surface area contributed by atoms with Crippen molar-refractivity contribution < 1.29 is 4.74 Å².